The molecule has 1 aliphatic carbocycles. The van der Waals surface area contributed by atoms with Crippen LogP contribution in [0.15, 0.2) is 18.3 Å². The number of carbonyl (C=O) groups excluding carboxylic acids is 1. The first-order chi connectivity index (χ1) is 10.7. The van der Waals surface area contributed by atoms with Crippen LogP contribution in [0.25, 0.3) is 0 Å². The van der Waals surface area contributed by atoms with E-state index in [1.165, 1.54) is 0 Å². The second kappa shape index (κ2) is 5.71. The van der Waals surface area contributed by atoms with Crippen molar-refractivity contribution in [3.8, 4) is 17.2 Å². The van der Waals surface area contributed by atoms with Crippen molar-refractivity contribution >= 4 is 5.78 Å². The lowest BCUT2D eigenvalue weighted by Gasteiger charge is -2.24. The maximum absolute atomic E-state index is 12.3. The van der Waals surface area contributed by atoms with Crippen LogP contribution in [-0.4, -0.2) is 37.3 Å². The van der Waals surface area contributed by atoms with E-state index in [0.29, 0.717) is 35.7 Å². The van der Waals surface area contributed by atoms with E-state index in [1.807, 2.05) is 12.1 Å². The van der Waals surface area contributed by atoms with Crippen LogP contribution in [0, 0.1) is 0 Å². The summed E-state index contributed by atoms with van der Waals surface area (Å²) in [7, 11) is 4.74. The molecule has 0 unspecified atom stereocenters. The summed E-state index contributed by atoms with van der Waals surface area (Å²) in [5.74, 6) is 1.88. The molecule has 1 aromatic carbocycles. The van der Waals surface area contributed by atoms with E-state index >= 15 is 0 Å². The van der Waals surface area contributed by atoms with Crippen molar-refractivity contribution in [2.24, 2.45) is 0 Å². The van der Waals surface area contributed by atoms with E-state index in [2.05, 4.69) is 10.2 Å². The Morgan fingerprint density at radius 2 is 1.86 bits per heavy atom. The molecule has 1 heterocycles. The van der Waals surface area contributed by atoms with Crippen LogP contribution in [-0.2, 0) is 6.42 Å². The molecule has 1 aromatic heterocycles. The van der Waals surface area contributed by atoms with E-state index in [-0.39, 0.29) is 11.7 Å². The standard InChI is InChI=1S/C16H18N2O4/c1-20-14-5-4-10(15(21-2)16(14)22-3)9-6-12-11(8-17-18-12)13(19)7-9/h4-5,8-9H,6-7H2,1-3H3,(H,17,18)/t9-/m1/s1. The molecule has 1 aliphatic rings. The van der Waals surface area contributed by atoms with E-state index in [4.69, 9.17) is 14.2 Å². The van der Waals surface area contributed by atoms with E-state index < -0.39 is 0 Å². The maximum atomic E-state index is 12.3. The second-order valence-electron chi connectivity index (χ2n) is 5.21. The number of benzene rings is 1. The quantitative estimate of drug-likeness (QED) is 0.938. The summed E-state index contributed by atoms with van der Waals surface area (Å²) in [4.78, 5) is 12.3. The van der Waals surface area contributed by atoms with Crippen molar-refractivity contribution in [2.75, 3.05) is 21.3 Å². The van der Waals surface area contributed by atoms with Crippen LogP contribution in [0.4, 0.5) is 0 Å². The Hall–Kier alpha value is -2.50. The number of H-pyrrole nitrogens is 1. The topological polar surface area (TPSA) is 73.4 Å². The Morgan fingerprint density at radius 1 is 1.09 bits per heavy atom. The lowest BCUT2D eigenvalue weighted by atomic mass is 9.82. The van der Waals surface area contributed by atoms with E-state index in [1.54, 1.807) is 27.5 Å². The molecule has 0 bridgehead atoms. The van der Waals surface area contributed by atoms with Crippen LogP contribution < -0.4 is 14.2 Å². The molecular weight excluding hydrogens is 284 g/mol. The maximum Gasteiger partial charge on any atom is 0.203 e. The van der Waals surface area contributed by atoms with Gasteiger partial charge in [-0.05, 0) is 12.5 Å². The number of aromatic amines is 1. The molecule has 6 heteroatoms. The minimum atomic E-state index is 0.0233. The van der Waals surface area contributed by atoms with Crippen molar-refractivity contribution in [2.45, 2.75) is 18.8 Å². The number of carbonyl (C=O) groups is 1. The van der Waals surface area contributed by atoms with Crippen LogP contribution >= 0.6 is 0 Å². The predicted octanol–water partition coefficient (Wildman–Crippen LogP) is 2.35. The molecule has 22 heavy (non-hydrogen) atoms. The number of Topliss-reactive ketones (excluding diaryl/α,β-unsaturated/α-hetero) is 1. The number of methoxy groups -OCH3 is 3. The van der Waals surface area contributed by atoms with Gasteiger partial charge in [0.05, 0.1) is 33.1 Å². The monoisotopic (exact) mass is 302 g/mol. The first-order valence-corrected chi connectivity index (χ1v) is 7.03. The van der Waals surface area contributed by atoms with Gasteiger partial charge in [-0.2, -0.15) is 5.10 Å². The third-order valence-electron chi connectivity index (χ3n) is 4.08. The number of ether oxygens (including phenoxy) is 3. The zero-order valence-electron chi connectivity index (χ0n) is 12.8. The number of nitrogens with zero attached hydrogens (tertiary/aromatic N) is 1. The third-order valence-corrected chi connectivity index (χ3v) is 4.08. The molecule has 116 valence electrons. The summed E-state index contributed by atoms with van der Waals surface area (Å²) in [6.07, 6.45) is 2.74. The van der Waals surface area contributed by atoms with Gasteiger partial charge in [-0.1, -0.05) is 6.07 Å². The Bertz CT molecular complexity index is 708. The number of hydrogen-bond donors (Lipinski definition) is 1. The van der Waals surface area contributed by atoms with Gasteiger partial charge in [0, 0.05) is 23.6 Å². The Kier molecular flexibility index (Phi) is 3.75. The molecule has 1 atom stereocenters. The van der Waals surface area contributed by atoms with Crippen molar-refractivity contribution in [3.63, 3.8) is 0 Å². The van der Waals surface area contributed by atoms with Gasteiger partial charge in [0.25, 0.3) is 0 Å². The highest BCUT2D eigenvalue weighted by Gasteiger charge is 2.31. The number of fused-ring (bicyclic) bond motifs is 1. The van der Waals surface area contributed by atoms with Crippen molar-refractivity contribution in [3.05, 3.63) is 35.2 Å². The highest BCUT2D eigenvalue weighted by molar-refractivity contribution is 5.98. The molecule has 0 amide bonds. The summed E-state index contributed by atoms with van der Waals surface area (Å²) < 4.78 is 16.2. The molecular formula is C16H18N2O4. The van der Waals surface area contributed by atoms with Crippen molar-refractivity contribution < 1.29 is 19.0 Å². The zero-order chi connectivity index (χ0) is 15.7. The fourth-order valence-corrected chi connectivity index (χ4v) is 3.03. The third kappa shape index (κ3) is 2.20. The number of hydrogen-bond acceptors (Lipinski definition) is 5. The van der Waals surface area contributed by atoms with Gasteiger partial charge in [0.2, 0.25) is 5.75 Å². The smallest absolute Gasteiger partial charge is 0.203 e. The summed E-state index contributed by atoms with van der Waals surface area (Å²) in [6.45, 7) is 0. The Labute approximate surface area is 128 Å². The lowest BCUT2D eigenvalue weighted by molar-refractivity contribution is 0.0963. The van der Waals surface area contributed by atoms with Gasteiger partial charge in [0.15, 0.2) is 17.3 Å². The molecule has 0 saturated heterocycles. The summed E-state index contributed by atoms with van der Waals surface area (Å²) >= 11 is 0. The SMILES string of the molecule is COc1ccc([C@H]2CC(=O)c3cn[nH]c3C2)c(OC)c1OC. The lowest BCUT2D eigenvalue weighted by Crippen LogP contribution is -2.18. The van der Waals surface area contributed by atoms with E-state index in [0.717, 1.165) is 11.3 Å². The van der Waals surface area contributed by atoms with Crippen LogP contribution in [0.1, 0.15) is 34.0 Å². The Balaban J connectivity index is 2.04. The van der Waals surface area contributed by atoms with Crippen LogP contribution in [0.3, 0.4) is 0 Å². The molecule has 0 saturated carbocycles. The Morgan fingerprint density at radius 3 is 2.55 bits per heavy atom. The molecule has 2 aromatic rings. The van der Waals surface area contributed by atoms with Gasteiger partial charge >= 0.3 is 0 Å². The van der Waals surface area contributed by atoms with Crippen molar-refractivity contribution in [1.82, 2.24) is 10.2 Å². The van der Waals surface area contributed by atoms with Gasteiger partial charge in [-0.3, -0.25) is 9.89 Å². The number of nitrogens with one attached hydrogen (secondary N) is 1. The van der Waals surface area contributed by atoms with Gasteiger partial charge < -0.3 is 14.2 Å². The minimum Gasteiger partial charge on any atom is -0.493 e. The molecule has 0 aliphatic heterocycles. The van der Waals surface area contributed by atoms with Gasteiger partial charge in [-0.15, -0.1) is 0 Å². The minimum absolute atomic E-state index is 0.0233. The average Bonchev–Trinajstić information content (AvgIpc) is 3.02. The van der Waals surface area contributed by atoms with Gasteiger partial charge in [-0.25, -0.2) is 0 Å². The normalized spacial score (nSPS) is 17.0. The molecule has 0 fully saturated rings. The average molecular weight is 302 g/mol. The first kappa shape index (κ1) is 14.4. The fraction of sp³-hybridized carbons (Fsp3) is 0.375. The largest absolute Gasteiger partial charge is 0.493 e. The fourth-order valence-electron chi connectivity index (χ4n) is 3.03. The van der Waals surface area contributed by atoms with Crippen molar-refractivity contribution in [1.29, 1.82) is 0 Å². The number of ketones is 1. The molecule has 3 rings (SSSR count). The molecule has 0 spiro atoms. The molecule has 6 nitrogen and oxygen atoms in total. The molecule has 1 N–H and O–H groups in total. The van der Waals surface area contributed by atoms with Crippen LogP contribution in [0.2, 0.25) is 0 Å². The predicted molar refractivity (Wildman–Crippen MR) is 80.1 cm³/mol. The van der Waals surface area contributed by atoms with Crippen LogP contribution in [0.5, 0.6) is 17.2 Å². The summed E-state index contributed by atoms with van der Waals surface area (Å²) in [6, 6.07) is 3.77. The highest BCUT2D eigenvalue weighted by atomic mass is 16.5. The van der Waals surface area contributed by atoms with Gasteiger partial charge in [0.1, 0.15) is 0 Å². The number of rotatable bonds is 4. The molecule has 0 radical (unpaired) electrons. The number of aromatic nitrogens is 2. The highest BCUT2D eigenvalue weighted by Crippen LogP contribution is 2.45. The van der Waals surface area contributed by atoms with E-state index in [9.17, 15) is 4.79 Å². The zero-order valence-corrected chi connectivity index (χ0v) is 12.8. The first-order valence-electron chi connectivity index (χ1n) is 7.03. The summed E-state index contributed by atoms with van der Waals surface area (Å²) in [5, 5.41) is 6.87. The summed E-state index contributed by atoms with van der Waals surface area (Å²) in [5.41, 5.74) is 2.50. The second-order valence-corrected chi connectivity index (χ2v) is 5.21.